The fraction of sp³-hybridized carbons (Fsp3) is 0.625. The third-order valence-corrected chi connectivity index (χ3v) is 2.40. The molecule has 1 atom stereocenters. The van der Waals surface area contributed by atoms with E-state index >= 15 is 0 Å². The number of halogens is 6. The Hall–Kier alpha value is -1.29. The van der Waals surface area contributed by atoms with E-state index in [1.165, 1.54) is 7.05 Å². The van der Waals surface area contributed by atoms with E-state index in [0.29, 0.717) is 0 Å². The normalized spacial score (nSPS) is 15.2. The maximum atomic E-state index is 12.5. The van der Waals surface area contributed by atoms with Crippen LogP contribution in [0.2, 0.25) is 0 Å². The van der Waals surface area contributed by atoms with E-state index < -0.39 is 24.3 Å². The molecule has 0 bridgehead atoms. The minimum Gasteiger partial charge on any atom is -0.271 e. The Morgan fingerprint density at radius 3 is 2.00 bits per heavy atom. The van der Waals surface area contributed by atoms with Gasteiger partial charge in [-0.3, -0.25) is 16.0 Å². The van der Waals surface area contributed by atoms with Crippen LogP contribution in [-0.2, 0) is 7.05 Å². The van der Waals surface area contributed by atoms with Crippen molar-refractivity contribution in [2.75, 3.05) is 0 Å². The molecule has 18 heavy (non-hydrogen) atoms. The lowest BCUT2D eigenvalue weighted by Gasteiger charge is -2.30. The van der Waals surface area contributed by atoms with Gasteiger partial charge in [0.05, 0.1) is 11.7 Å². The van der Waals surface area contributed by atoms with Crippen LogP contribution in [0.1, 0.15) is 11.7 Å². The molecule has 10 heteroatoms. The first-order chi connectivity index (χ1) is 8.09. The van der Waals surface area contributed by atoms with Crippen molar-refractivity contribution in [3.05, 3.63) is 18.0 Å². The minimum atomic E-state index is -5.47. The molecule has 0 aliphatic carbocycles. The molecular weight excluding hydrogens is 266 g/mol. The van der Waals surface area contributed by atoms with Gasteiger partial charge in [-0.05, 0) is 6.07 Å². The number of hydrogen-bond donors (Lipinski definition) is 2. The summed E-state index contributed by atoms with van der Waals surface area (Å²) in [5.41, 5.74) is 1.25. The zero-order valence-electron chi connectivity index (χ0n) is 9.05. The van der Waals surface area contributed by atoms with E-state index in [9.17, 15) is 26.3 Å². The molecule has 0 saturated carbocycles. The van der Waals surface area contributed by atoms with E-state index in [1.54, 1.807) is 5.43 Å². The Balaban J connectivity index is 3.23. The maximum Gasteiger partial charge on any atom is 0.402 e. The Labute approximate surface area is 97.7 Å². The molecule has 3 N–H and O–H groups in total. The number of alkyl halides is 6. The lowest BCUT2D eigenvalue weighted by atomic mass is 9.96. The second-order valence-electron chi connectivity index (χ2n) is 3.58. The van der Waals surface area contributed by atoms with Gasteiger partial charge in [-0.2, -0.15) is 31.4 Å². The summed E-state index contributed by atoms with van der Waals surface area (Å²) in [5.74, 6) is 1.23. The molecule has 0 spiro atoms. The van der Waals surface area contributed by atoms with Gasteiger partial charge in [0, 0.05) is 13.2 Å². The molecule has 0 aliphatic heterocycles. The summed E-state index contributed by atoms with van der Waals surface area (Å²) < 4.78 is 76.1. The molecule has 4 nitrogen and oxygen atoms in total. The lowest BCUT2D eigenvalue weighted by molar-refractivity contribution is -0.293. The highest BCUT2D eigenvalue weighted by molar-refractivity contribution is 5.10. The van der Waals surface area contributed by atoms with Crippen molar-refractivity contribution >= 4 is 0 Å². The summed E-state index contributed by atoms with van der Waals surface area (Å²) in [6.45, 7) is 0. The summed E-state index contributed by atoms with van der Waals surface area (Å²) in [6.07, 6.45) is -9.86. The topological polar surface area (TPSA) is 55.9 Å². The van der Waals surface area contributed by atoms with E-state index in [1.807, 2.05) is 0 Å². The number of hydrogen-bond acceptors (Lipinski definition) is 3. The first kappa shape index (κ1) is 14.8. The van der Waals surface area contributed by atoms with Crippen molar-refractivity contribution < 1.29 is 26.3 Å². The Kier molecular flexibility index (Phi) is 3.91. The van der Waals surface area contributed by atoms with E-state index in [2.05, 4.69) is 5.10 Å². The second-order valence-corrected chi connectivity index (χ2v) is 3.58. The average Bonchev–Trinajstić information content (AvgIpc) is 2.56. The van der Waals surface area contributed by atoms with Crippen molar-refractivity contribution in [3.8, 4) is 0 Å². The van der Waals surface area contributed by atoms with Crippen LogP contribution in [0.4, 0.5) is 26.3 Å². The van der Waals surface area contributed by atoms with Crippen LogP contribution in [0.3, 0.4) is 0 Å². The SMILES string of the molecule is Cn1nccc1C(NN)C(C(F)(F)F)C(F)(F)F. The molecule has 0 fully saturated rings. The third kappa shape index (κ3) is 2.93. The smallest absolute Gasteiger partial charge is 0.271 e. The van der Waals surface area contributed by atoms with E-state index in [-0.39, 0.29) is 5.69 Å². The number of rotatable bonds is 3. The fourth-order valence-corrected chi connectivity index (χ4v) is 1.61. The second kappa shape index (κ2) is 4.76. The number of aromatic nitrogens is 2. The molecule has 104 valence electrons. The molecule has 0 amide bonds. The van der Waals surface area contributed by atoms with Crippen LogP contribution in [0, 0.1) is 5.92 Å². The molecule has 1 rings (SSSR count). The van der Waals surface area contributed by atoms with Gasteiger partial charge in [0.1, 0.15) is 0 Å². The predicted octanol–water partition coefficient (Wildman–Crippen LogP) is 1.67. The molecular formula is C8H10F6N4. The van der Waals surface area contributed by atoms with Crippen LogP contribution in [0.25, 0.3) is 0 Å². The number of aryl methyl sites for hydroxylation is 1. The zero-order chi connectivity index (χ0) is 14.1. The van der Waals surface area contributed by atoms with Crippen molar-refractivity contribution in [1.29, 1.82) is 0 Å². The van der Waals surface area contributed by atoms with Crippen molar-refractivity contribution in [1.82, 2.24) is 15.2 Å². The number of nitrogens with one attached hydrogen (secondary N) is 1. The minimum absolute atomic E-state index is 0.308. The van der Waals surface area contributed by atoms with Gasteiger partial charge in [0.2, 0.25) is 0 Å². The van der Waals surface area contributed by atoms with Crippen LogP contribution in [0.15, 0.2) is 12.3 Å². The fourth-order valence-electron chi connectivity index (χ4n) is 1.61. The van der Waals surface area contributed by atoms with Gasteiger partial charge < -0.3 is 0 Å². The van der Waals surface area contributed by atoms with Gasteiger partial charge in [-0.25, -0.2) is 0 Å². The largest absolute Gasteiger partial charge is 0.402 e. The average molecular weight is 276 g/mol. The molecule has 0 aromatic carbocycles. The number of nitrogens with zero attached hydrogens (tertiary/aromatic N) is 2. The standard InChI is InChI=1S/C8H10F6N4/c1-18-4(2-3-16-18)5(17-15)6(7(9,10)11)8(12,13)14/h2-3,5-6,17H,15H2,1H3. The van der Waals surface area contributed by atoms with Gasteiger partial charge in [0.15, 0.2) is 5.92 Å². The van der Waals surface area contributed by atoms with Crippen LogP contribution in [0.5, 0.6) is 0 Å². The molecule has 0 saturated heterocycles. The highest BCUT2D eigenvalue weighted by Crippen LogP contribution is 2.45. The van der Waals surface area contributed by atoms with E-state index in [4.69, 9.17) is 5.84 Å². The van der Waals surface area contributed by atoms with Gasteiger partial charge in [0.25, 0.3) is 0 Å². The summed E-state index contributed by atoms with van der Waals surface area (Å²) >= 11 is 0. The van der Waals surface area contributed by atoms with Gasteiger partial charge >= 0.3 is 12.4 Å². The van der Waals surface area contributed by atoms with Crippen LogP contribution >= 0.6 is 0 Å². The van der Waals surface area contributed by atoms with Crippen LogP contribution < -0.4 is 11.3 Å². The molecule has 1 heterocycles. The summed E-state index contributed by atoms with van der Waals surface area (Å²) in [4.78, 5) is 0. The first-order valence-electron chi connectivity index (χ1n) is 4.66. The monoisotopic (exact) mass is 276 g/mol. The number of nitrogens with two attached hydrogens (primary N) is 1. The summed E-state index contributed by atoms with van der Waals surface area (Å²) in [6, 6.07) is -1.12. The van der Waals surface area contributed by atoms with Crippen molar-refractivity contribution in [2.45, 2.75) is 18.4 Å². The lowest BCUT2D eigenvalue weighted by Crippen LogP contribution is -2.48. The number of hydrazine groups is 1. The third-order valence-electron chi connectivity index (χ3n) is 2.40. The van der Waals surface area contributed by atoms with Crippen molar-refractivity contribution in [2.24, 2.45) is 18.8 Å². The molecule has 0 aliphatic rings. The maximum absolute atomic E-state index is 12.5. The Morgan fingerprint density at radius 2 is 1.72 bits per heavy atom. The molecule has 1 aromatic rings. The highest BCUT2D eigenvalue weighted by atomic mass is 19.4. The molecule has 1 aromatic heterocycles. The van der Waals surface area contributed by atoms with Gasteiger partial charge in [-0.15, -0.1) is 0 Å². The predicted molar refractivity (Wildman–Crippen MR) is 48.9 cm³/mol. The first-order valence-corrected chi connectivity index (χ1v) is 4.66. The van der Waals surface area contributed by atoms with Gasteiger partial charge in [-0.1, -0.05) is 0 Å². The Bertz CT molecular complexity index is 381. The van der Waals surface area contributed by atoms with Crippen molar-refractivity contribution in [3.63, 3.8) is 0 Å². The summed E-state index contributed by atoms with van der Waals surface area (Å²) in [5, 5.41) is 3.52. The Morgan fingerprint density at radius 1 is 1.22 bits per heavy atom. The quantitative estimate of drug-likeness (QED) is 0.501. The molecule has 1 unspecified atom stereocenters. The zero-order valence-corrected chi connectivity index (χ0v) is 9.05. The summed E-state index contributed by atoms with van der Waals surface area (Å²) in [7, 11) is 1.23. The highest BCUT2D eigenvalue weighted by Gasteiger charge is 2.60. The van der Waals surface area contributed by atoms with E-state index in [0.717, 1.165) is 16.9 Å². The molecule has 0 radical (unpaired) electrons. The van der Waals surface area contributed by atoms with Crippen LogP contribution in [-0.4, -0.2) is 22.1 Å².